The quantitative estimate of drug-likeness (QED) is 0.563. The summed E-state index contributed by atoms with van der Waals surface area (Å²) in [6.45, 7) is 1.90. The molecule has 2 N–H and O–H groups in total. The first kappa shape index (κ1) is 17.4. The smallest absolute Gasteiger partial charge is 0.262 e. The van der Waals surface area contributed by atoms with Crippen molar-refractivity contribution in [3.05, 3.63) is 60.3 Å². The number of H-pyrrole nitrogens is 1. The summed E-state index contributed by atoms with van der Waals surface area (Å²) in [7, 11) is 0.136. The molecule has 0 amide bonds. The minimum Gasteiger partial charge on any atom is -0.377 e. The lowest BCUT2D eigenvalue weighted by molar-refractivity contribution is 0.602. The van der Waals surface area contributed by atoms with E-state index in [1.54, 1.807) is 30.3 Å². The summed E-state index contributed by atoms with van der Waals surface area (Å²) < 4.78 is 28.9. The fourth-order valence-electron chi connectivity index (χ4n) is 3.30. The van der Waals surface area contributed by atoms with Crippen LogP contribution in [0.4, 0.5) is 11.4 Å². The molecule has 3 aromatic carbocycles. The van der Waals surface area contributed by atoms with E-state index < -0.39 is 10.0 Å². The number of nitrogens with one attached hydrogen (secondary N) is 2. The summed E-state index contributed by atoms with van der Waals surface area (Å²) in [6.07, 6.45) is 0. The van der Waals surface area contributed by atoms with Gasteiger partial charge in [-0.25, -0.2) is 8.42 Å². The molecule has 4 rings (SSSR count). The van der Waals surface area contributed by atoms with Crippen molar-refractivity contribution in [3.8, 4) is 0 Å². The third-order valence-corrected chi connectivity index (χ3v) is 6.07. The van der Waals surface area contributed by atoms with E-state index in [1.807, 2.05) is 50.2 Å². The van der Waals surface area contributed by atoms with Crippen LogP contribution in [0.5, 0.6) is 0 Å². The Hall–Kier alpha value is -3.06. The molecule has 0 unspecified atom stereocenters. The summed E-state index contributed by atoms with van der Waals surface area (Å²) in [5, 5.41) is 9.56. The number of aromatic nitrogens is 2. The first-order valence-electron chi connectivity index (χ1n) is 8.53. The number of fused-ring (bicyclic) bond motifs is 2. The maximum atomic E-state index is 13.1. The highest BCUT2D eigenvalue weighted by molar-refractivity contribution is 7.93. The molecule has 0 radical (unpaired) electrons. The summed E-state index contributed by atoms with van der Waals surface area (Å²) in [5.74, 6) is 0. The molecule has 1 heterocycles. The lowest BCUT2D eigenvalue weighted by Crippen LogP contribution is -2.14. The predicted molar refractivity (Wildman–Crippen MR) is 110 cm³/mol. The number of hydrogen-bond donors (Lipinski definition) is 2. The molecule has 7 heteroatoms. The van der Waals surface area contributed by atoms with Gasteiger partial charge in [0.25, 0.3) is 10.0 Å². The zero-order valence-corrected chi connectivity index (χ0v) is 16.1. The van der Waals surface area contributed by atoms with E-state index in [4.69, 9.17) is 0 Å². The molecule has 0 aliphatic carbocycles. The maximum absolute atomic E-state index is 13.1. The Kier molecular flexibility index (Phi) is 4.04. The van der Waals surface area contributed by atoms with Crippen molar-refractivity contribution in [2.24, 2.45) is 0 Å². The highest BCUT2D eigenvalue weighted by Crippen LogP contribution is 2.31. The molecule has 6 nitrogen and oxygen atoms in total. The molecule has 0 spiro atoms. The van der Waals surface area contributed by atoms with Crippen LogP contribution in [0, 0.1) is 6.92 Å². The predicted octanol–water partition coefficient (Wildman–Crippen LogP) is 3.89. The van der Waals surface area contributed by atoms with E-state index in [-0.39, 0.29) is 4.90 Å². The average Bonchev–Trinajstić information content (AvgIpc) is 3.00. The van der Waals surface area contributed by atoms with Gasteiger partial charge in [-0.2, -0.15) is 5.10 Å². The molecule has 4 aromatic rings. The number of benzene rings is 3. The van der Waals surface area contributed by atoms with E-state index in [0.29, 0.717) is 11.1 Å². The van der Waals surface area contributed by atoms with Gasteiger partial charge in [-0.3, -0.25) is 9.82 Å². The minimum atomic E-state index is -3.75. The van der Waals surface area contributed by atoms with Gasteiger partial charge in [-0.1, -0.05) is 24.3 Å². The number of aryl methyl sites for hydroxylation is 1. The van der Waals surface area contributed by atoms with Crippen LogP contribution in [-0.4, -0.2) is 32.7 Å². The van der Waals surface area contributed by atoms with Crippen LogP contribution >= 0.6 is 0 Å². The molecule has 0 fully saturated rings. The Labute approximate surface area is 157 Å². The van der Waals surface area contributed by atoms with Crippen LogP contribution in [-0.2, 0) is 10.0 Å². The molecule has 0 aliphatic heterocycles. The second-order valence-corrected chi connectivity index (χ2v) is 8.36. The largest absolute Gasteiger partial charge is 0.377 e. The molecule has 138 valence electrons. The fourth-order valence-corrected chi connectivity index (χ4v) is 4.57. The lowest BCUT2D eigenvalue weighted by Gasteiger charge is -2.17. The van der Waals surface area contributed by atoms with E-state index >= 15 is 0 Å². The van der Waals surface area contributed by atoms with Gasteiger partial charge in [-0.15, -0.1) is 0 Å². The van der Waals surface area contributed by atoms with E-state index in [2.05, 4.69) is 14.9 Å². The Bertz CT molecular complexity index is 1260. The Balaban J connectivity index is 1.81. The SMILES string of the molecule is Cc1[nH]nc2ccc(NS(=O)(=O)c3cccc4c(N(C)C)cccc34)cc12. The van der Waals surface area contributed by atoms with Gasteiger partial charge >= 0.3 is 0 Å². The standard InChI is InChI=1S/C20H20N4O2S/c1-13-17-12-14(10-11-18(17)22-21-13)23-27(25,26)20-9-5-6-15-16(20)7-4-8-19(15)24(2)3/h4-12,23H,1-3H3,(H,21,22). The van der Waals surface area contributed by atoms with E-state index in [9.17, 15) is 8.42 Å². The average molecular weight is 380 g/mol. The molecule has 0 atom stereocenters. The number of nitrogens with zero attached hydrogens (tertiary/aromatic N) is 2. The minimum absolute atomic E-state index is 0.257. The van der Waals surface area contributed by atoms with Gasteiger partial charge in [0.15, 0.2) is 0 Å². The Morgan fingerprint density at radius 2 is 1.70 bits per heavy atom. The molecule has 0 saturated carbocycles. The van der Waals surface area contributed by atoms with Crippen molar-refractivity contribution >= 4 is 43.1 Å². The van der Waals surface area contributed by atoms with Crippen LogP contribution in [0.25, 0.3) is 21.7 Å². The van der Waals surface area contributed by atoms with Gasteiger partial charge in [0.1, 0.15) is 0 Å². The molecule has 0 saturated heterocycles. The van der Waals surface area contributed by atoms with Crippen molar-refractivity contribution < 1.29 is 8.42 Å². The van der Waals surface area contributed by atoms with Crippen LogP contribution in [0.3, 0.4) is 0 Å². The number of aromatic amines is 1. The van der Waals surface area contributed by atoms with Crippen molar-refractivity contribution in [1.29, 1.82) is 0 Å². The second-order valence-electron chi connectivity index (χ2n) is 6.71. The molecule has 1 aromatic heterocycles. The number of rotatable bonds is 4. The molecule has 27 heavy (non-hydrogen) atoms. The van der Waals surface area contributed by atoms with Gasteiger partial charge in [0.2, 0.25) is 0 Å². The third kappa shape index (κ3) is 3.00. The first-order valence-corrected chi connectivity index (χ1v) is 10.0. The maximum Gasteiger partial charge on any atom is 0.262 e. The fraction of sp³-hybridized carbons (Fsp3) is 0.150. The van der Waals surface area contributed by atoms with Gasteiger partial charge in [0.05, 0.1) is 10.4 Å². The molecular weight excluding hydrogens is 360 g/mol. The van der Waals surface area contributed by atoms with Crippen LogP contribution < -0.4 is 9.62 Å². The summed E-state index contributed by atoms with van der Waals surface area (Å²) >= 11 is 0. The summed E-state index contributed by atoms with van der Waals surface area (Å²) in [6, 6.07) is 16.3. The van der Waals surface area contributed by atoms with Gasteiger partial charge < -0.3 is 4.90 Å². The normalized spacial score (nSPS) is 11.8. The van der Waals surface area contributed by atoms with Crippen molar-refractivity contribution in [3.63, 3.8) is 0 Å². The Morgan fingerprint density at radius 3 is 2.48 bits per heavy atom. The summed E-state index contributed by atoms with van der Waals surface area (Å²) in [5.41, 5.74) is 3.18. The number of sulfonamides is 1. The number of hydrogen-bond acceptors (Lipinski definition) is 4. The van der Waals surface area contributed by atoms with Crippen LogP contribution in [0.1, 0.15) is 5.69 Å². The summed E-state index contributed by atoms with van der Waals surface area (Å²) in [4.78, 5) is 2.23. The highest BCUT2D eigenvalue weighted by atomic mass is 32.2. The monoisotopic (exact) mass is 380 g/mol. The van der Waals surface area contributed by atoms with E-state index in [0.717, 1.165) is 27.7 Å². The van der Waals surface area contributed by atoms with Crippen molar-refractivity contribution in [1.82, 2.24) is 10.2 Å². The number of anilines is 2. The molecular formula is C20H20N4O2S. The Morgan fingerprint density at radius 1 is 0.963 bits per heavy atom. The highest BCUT2D eigenvalue weighted by Gasteiger charge is 2.19. The van der Waals surface area contributed by atoms with Crippen LogP contribution in [0.2, 0.25) is 0 Å². The topological polar surface area (TPSA) is 78.1 Å². The van der Waals surface area contributed by atoms with Gasteiger partial charge in [-0.05, 0) is 37.3 Å². The zero-order valence-electron chi connectivity index (χ0n) is 15.3. The second kappa shape index (κ2) is 6.28. The van der Waals surface area contributed by atoms with Crippen LogP contribution in [0.15, 0.2) is 59.5 Å². The van der Waals surface area contributed by atoms with Crippen molar-refractivity contribution in [2.45, 2.75) is 11.8 Å². The zero-order chi connectivity index (χ0) is 19.2. The van der Waals surface area contributed by atoms with Crippen molar-refractivity contribution in [2.75, 3.05) is 23.7 Å². The molecule has 0 bridgehead atoms. The van der Waals surface area contributed by atoms with Gasteiger partial charge in [0, 0.05) is 47.3 Å². The lowest BCUT2D eigenvalue weighted by atomic mass is 10.1. The van der Waals surface area contributed by atoms with E-state index in [1.165, 1.54) is 0 Å². The third-order valence-electron chi connectivity index (χ3n) is 4.63. The molecule has 0 aliphatic rings. The first-order chi connectivity index (χ1) is 12.9.